The highest BCUT2D eigenvalue weighted by atomic mass is 79.9. The van der Waals surface area contributed by atoms with Gasteiger partial charge in [0.15, 0.2) is 0 Å². The van der Waals surface area contributed by atoms with Crippen LogP contribution in [0.5, 0.6) is 0 Å². The first-order chi connectivity index (χ1) is 4.20. The second kappa shape index (κ2) is 2.76. The Kier molecular flexibility index (Phi) is 2.20. The highest BCUT2D eigenvalue weighted by molar-refractivity contribution is 9.10. The van der Waals surface area contributed by atoms with Crippen molar-refractivity contribution in [3.05, 3.63) is 27.7 Å². The maximum absolute atomic E-state index is 5.62. The smallest absolute Gasteiger partial charge is 0.0844 e. The van der Waals surface area contributed by atoms with Crippen molar-refractivity contribution in [2.75, 3.05) is 0 Å². The molecule has 0 spiro atoms. The average Bonchev–Trinajstić information content (AvgIpc) is 1.80. The van der Waals surface area contributed by atoms with E-state index < -0.39 is 0 Å². The predicted molar refractivity (Wildman–Crippen MR) is 44.5 cm³/mol. The Morgan fingerprint density at radius 1 is 1.44 bits per heavy atom. The summed E-state index contributed by atoms with van der Waals surface area (Å²) in [6.45, 7) is 0. The summed E-state index contributed by atoms with van der Waals surface area (Å²) in [4.78, 5) is 0. The molecule has 1 aromatic carbocycles. The van der Waals surface area contributed by atoms with Gasteiger partial charge in [-0.25, -0.2) is 0 Å². The SMILES string of the molecule is [B]c1cc(Cl)ccc1Br. The van der Waals surface area contributed by atoms with E-state index in [4.69, 9.17) is 19.4 Å². The number of hydrogen-bond donors (Lipinski definition) is 0. The molecule has 0 saturated heterocycles. The molecule has 0 aliphatic rings. The van der Waals surface area contributed by atoms with Crippen molar-refractivity contribution in [1.82, 2.24) is 0 Å². The van der Waals surface area contributed by atoms with E-state index in [1.54, 1.807) is 12.1 Å². The van der Waals surface area contributed by atoms with Gasteiger partial charge in [0.2, 0.25) is 0 Å². The Hall–Kier alpha value is 0.0549. The Morgan fingerprint density at radius 2 is 2.11 bits per heavy atom. The standard InChI is InChI=1S/C6H3BBrCl/c7-5-3-4(9)1-2-6(5)8/h1-3H. The third kappa shape index (κ3) is 1.73. The normalized spacial score (nSPS) is 9.56. The van der Waals surface area contributed by atoms with E-state index in [-0.39, 0.29) is 0 Å². The number of benzene rings is 1. The van der Waals surface area contributed by atoms with Gasteiger partial charge in [0, 0.05) is 9.50 Å². The van der Waals surface area contributed by atoms with Gasteiger partial charge < -0.3 is 0 Å². The average molecular weight is 201 g/mol. The lowest BCUT2D eigenvalue weighted by Crippen LogP contribution is -2.02. The molecule has 0 N–H and O–H groups in total. The molecule has 0 heterocycles. The zero-order valence-electron chi connectivity index (χ0n) is 4.57. The molecule has 44 valence electrons. The van der Waals surface area contributed by atoms with Crippen LogP contribution in [0.15, 0.2) is 22.7 Å². The molecule has 1 rings (SSSR count). The van der Waals surface area contributed by atoms with Gasteiger partial charge in [0.1, 0.15) is 7.85 Å². The van der Waals surface area contributed by atoms with E-state index >= 15 is 0 Å². The molecule has 0 aromatic heterocycles. The molecule has 1 aromatic rings. The molecule has 0 amide bonds. The highest BCUT2D eigenvalue weighted by Gasteiger charge is 1.91. The molecule has 0 fully saturated rings. The zero-order valence-corrected chi connectivity index (χ0v) is 6.91. The van der Waals surface area contributed by atoms with Crippen LogP contribution in [-0.2, 0) is 0 Å². The van der Waals surface area contributed by atoms with E-state index in [1.807, 2.05) is 6.07 Å². The molecular weight excluding hydrogens is 198 g/mol. The molecule has 0 bridgehead atoms. The third-order valence-electron chi connectivity index (χ3n) is 0.958. The Morgan fingerprint density at radius 3 is 2.56 bits per heavy atom. The minimum absolute atomic E-state index is 0.663. The van der Waals surface area contributed by atoms with Gasteiger partial charge in [0.25, 0.3) is 0 Å². The molecule has 0 saturated carbocycles. The molecule has 3 heteroatoms. The minimum Gasteiger partial charge on any atom is -0.0844 e. The molecule has 2 radical (unpaired) electrons. The first-order valence-electron chi connectivity index (χ1n) is 2.40. The Labute approximate surface area is 68.8 Å². The molecule has 0 aliphatic heterocycles. The van der Waals surface area contributed by atoms with Crippen LogP contribution < -0.4 is 5.46 Å². The van der Waals surface area contributed by atoms with Gasteiger partial charge in [-0.3, -0.25) is 0 Å². The largest absolute Gasteiger partial charge is 0.115 e. The van der Waals surface area contributed by atoms with Crippen LogP contribution in [0.3, 0.4) is 0 Å². The number of rotatable bonds is 0. The number of hydrogen-bond acceptors (Lipinski definition) is 0. The molecule has 0 nitrogen and oxygen atoms in total. The zero-order chi connectivity index (χ0) is 6.85. The molecule has 0 aliphatic carbocycles. The van der Waals surface area contributed by atoms with Crippen LogP contribution in [0.1, 0.15) is 0 Å². The van der Waals surface area contributed by atoms with E-state index in [9.17, 15) is 0 Å². The van der Waals surface area contributed by atoms with Gasteiger partial charge >= 0.3 is 0 Å². The van der Waals surface area contributed by atoms with Crippen LogP contribution in [-0.4, -0.2) is 7.85 Å². The fraction of sp³-hybridized carbons (Fsp3) is 0. The van der Waals surface area contributed by atoms with Crippen LogP contribution in [0.4, 0.5) is 0 Å². The van der Waals surface area contributed by atoms with Gasteiger partial charge in [-0.15, -0.1) is 0 Å². The van der Waals surface area contributed by atoms with Gasteiger partial charge in [-0.2, -0.15) is 0 Å². The Bertz CT molecular complexity index is 224. The third-order valence-corrected chi connectivity index (χ3v) is 1.92. The number of halogens is 2. The fourth-order valence-corrected chi connectivity index (χ4v) is 0.942. The summed E-state index contributed by atoms with van der Waals surface area (Å²) in [5.41, 5.74) is 0.669. The highest BCUT2D eigenvalue weighted by Crippen LogP contribution is 2.10. The van der Waals surface area contributed by atoms with E-state index in [1.165, 1.54) is 0 Å². The van der Waals surface area contributed by atoms with Crippen LogP contribution >= 0.6 is 27.5 Å². The van der Waals surface area contributed by atoms with Crippen LogP contribution in [0, 0.1) is 0 Å². The lowest BCUT2D eigenvalue weighted by atomic mass is 9.97. The topological polar surface area (TPSA) is 0 Å². The van der Waals surface area contributed by atoms with Gasteiger partial charge in [0.05, 0.1) is 0 Å². The summed E-state index contributed by atoms with van der Waals surface area (Å²) in [6, 6.07) is 5.30. The molecule has 0 atom stereocenters. The second-order valence-electron chi connectivity index (χ2n) is 1.67. The summed E-state index contributed by atoms with van der Waals surface area (Å²) >= 11 is 8.86. The Balaban J connectivity index is 3.17. The minimum atomic E-state index is 0.663. The summed E-state index contributed by atoms with van der Waals surface area (Å²) in [7, 11) is 5.49. The maximum atomic E-state index is 5.62. The second-order valence-corrected chi connectivity index (χ2v) is 2.96. The van der Waals surface area contributed by atoms with Gasteiger partial charge in [-0.1, -0.05) is 33.0 Å². The van der Waals surface area contributed by atoms with E-state index in [0.717, 1.165) is 4.47 Å². The van der Waals surface area contributed by atoms with Crippen molar-refractivity contribution in [3.63, 3.8) is 0 Å². The van der Waals surface area contributed by atoms with E-state index in [0.29, 0.717) is 10.5 Å². The summed E-state index contributed by atoms with van der Waals surface area (Å²) in [5, 5.41) is 0.663. The first-order valence-corrected chi connectivity index (χ1v) is 3.58. The van der Waals surface area contributed by atoms with Crippen molar-refractivity contribution in [2.24, 2.45) is 0 Å². The summed E-state index contributed by atoms with van der Waals surface area (Å²) in [5.74, 6) is 0. The maximum Gasteiger partial charge on any atom is 0.115 e. The quantitative estimate of drug-likeness (QED) is 0.562. The van der Waals surface area contributed by atoms with Gasteiger partial charge in [-0.05, 0) is 18.2 Å². The lowest BCUT2D eigenvalue weighted by Gasteiger charge is -1.95. The predicted octanol–water partition coefficient (Wildman–Crippen LogP) is 1.90. The monoisotopic (exact) mass is 200 g/mol. The fourth-order valence-electron chi connectivity index (χ4n) is 0.515. The van der Waals surface area contributed by atoms with Crippen molar-refractivity contribution < 1.29 is 0 Å². The first kappa shape index (κ1) is 7.17. The molecule has 0 unspecified atom stereocenters. The molecular formula is C6H3BBrCl. The van der Waals surface area contributed by atoms with Crippen LogP contribution in [0.2, 0.25) is 5.02 Å². The van der Waals surface area contributed by atoms with Crippen LogP contribution in [0.25, 0.3) is 0 Å². The molecule has 9 heavy (non-hydrogen) atoms. The van der Waals surface area contributed by atoms with Crippen molar-refractivity contribution in [2.45, 2.75) is 0 Å². The van der Waals surface area contributed by atoms with E-state index in [2.05, 4.69) is 15.9 Å². The van der Waals surface area contributed by atoms with Crippen molar-refractivity contribution in [3.8, 4) is 0 Å². The summed E-state index contributed by atoms with van der Waals surface area (Å²) in [6.07, 6.45) is 0. The van der Waals surface area contributed by atoms with Crippen molar-refractivity contribution >= 4 is 40.8 Å². The lowest BCUT2D eigenvalue weighted by molar-refractivity contribution is 1.71. The van der Waals surface area contributed by atoms with Crippen molar-refractivity contribution in [1.29, 1.82) is 0 Å². The summed E-state index contributed by atoms with van der Waals surface area (Å²) < 4.78 is 0.881.